The van der Waals surface area contributed by atoms with Gasteiger partial charge in [0.2, 0.25) is 0 Å². The Morgan fingerprint density at radius 1 is 1.24 bits per heavy atom. The Kier molecular flexibility index (Phi) is 5.80. The summed E-state index contributed by atoms with van der Waals surface area (Å²) in [6.45, 7) is 6.66. The fraction of sp³-hybridized carbons (Fsp3) is 0.389. The molecule has 0 saturated heterocycles. The zero-order chi connectivity index (χ0) is 18.6. The quantitative estimate of drug-likeness (QED) is 0.812. The van der Waals surface area contributed by atoms with Crippen LogP contribution in [-0.4, -0.2) is 35.9 Å². The number of aryl methyl sites for hydroxylation is 2. The van der Waals surface area contributed by atoms with Gasteiger partial charge in [-0.15, -0.1) is 0 Å². The molecule has 25 heavy (non-hydrogen) atoms. The summed E-state index contributed by atoms with van der Waals surface area (Å²) < 4.78 is 11.7. The Balaban J connectivity index is 2.17. The first kappa shape index (κ1) is 18.5. The number of rotatable bonds is 6. The standard InChI is InChI=1S/C18H23N3O4/c1-6-21-12(3)16(11(2)20-21)17(22)19-10-13-7-8-15(24-4)14(9-13)18(23)25-5/h7-9H,6,10H2,1-5H3,(H,19,22). The first-order valence-corrected chi connectivity index (χ1v) is 8.00. The van der Waals surface area contributed by atoms with E-state index >= 15 is 0 Å². The number of hydrogen-bond acceptors (Lipinski definition) is 5. The number of aromatic nitrogens is 2. The number of ether oxygens (including phenoxy) is 2. The average Bonchev–Trinajstić information content (AvgIpc) is 2.92. The number of carbonyl (C=O) groups is 2. The fourth-order valence-corrected chi connectivity index (χ4v) is 2.74. The number of nitrogens with zero attached hydrogens (tertiary/aromatic N) is 2. The second kappa shape index (κ2) is 7.83. The lowest BCUT2D eigenvalue weighted by atomic mass is 10.1. The Bertz CT molecular complexity index is 796. The third kappa shape index (κ3) is 3.81. The zero-order valence-corrected chi connectivity index (χ0v) is 15.2. The third-order valence-corrected chi connectivity index (χ3v) is 4.03. The van der Waals surface area contributed by atoms with Crippen LogP contribution in [0.25, 0.3) is 0 Å². The number of hydrogen-bond donors (Lipinski definition) is 1. The van der Waals surface area contributed by atoms with E-state index in [-0.39, 0.29) is 12.5 Å². The van der Waals surface area contributed by atoms with Crippen LogP contribution in [0.2, 0.25) is 0 Å². The molecule has 0 fully saturated rings. The molecule has 1 aromatic carbocycles. The highest BCUT2D eigenvalue weighted by Crippen LogP contribution is 2.21. The molecule has 0 radical (unpaired) electrons. The molecule has 0 saturated carbocycles. The van der Waals surface area contributed by atoms with Gasteiger partial charge in [0.25, 0.3) is 5.91 Å². The lowest BCUT2D eigenvalue weighted by molar-refractivity contribution is 0.0597. The van der Waals surface area contributed by atoms with Gasteiger partial charge in [0.1, 0.15) is 11.3 Å². The van der Waals surface area contributed by atoms with Crippen LogP contribution in [0.1, 0.15) is 44.6 Å². The van der Waals surface area contributed by atoms with Crippen molar-refractivity contribution in [3.63, 3.8) is 0 Å². The van der Waals surface area contributed by atoms with Crippen molar-refractivity contribution in [1.29, 1.82) is 0 Å². The van der Waals surface area contributed by atoms with Gasteiger partial charge in [0, 0.05) is 18.8 Å². The van der Waals surface area contributed by atoms with E-state index in [1.54, 1.807) is 22.9 Å². The van der Waals surface area contributed by atoms with Crippen molar-refractivity contribution < 1.29 is 19.1 Å². The number of nitrogens with one attached hydrogen (secondary N) is 1. The van der Waals surface area contributed by atoms with Gasteiger partial charge in [0.05, 0.1) is 25.5 Å². The van der Waals surface area contributed by atoms with E-state index in [0.717, 1.165) is 11.3 Å². The molecular formula is C18H23N3O4. The van der Waals surface area contributed by atoms with E-state index in [2.05, 4.69) is 10.4 Å². The van der Waals surface area contributed by atoms with Gasteiger partial charge in [-0.25, -0.2) is 4.79 Å². The molecule has 0 aliphatic heterocycles. The first-order chi connectivity index (χ1) is 11.9. The highest BCUT2D eigenvalue weighted by molar-refractivity contribution is 5.96. The van der Waals surface area contributed by atoms with Crippen LogP contribution in [-0.2, 0) is 17.8 Å². The van der Waals surface area contributed by atoms with Crippen molar-refractivity contribution in [1.82, 2.24) is 15.1 Å². The molecule has 0 atom stereocenters. The highest BCUT2D eigenvalue weighted by Gasteiger charge is 2.18. The molecule has 0 unspecified atom stereocenters. The van der Waals surface area contributed by atoms with Crippen LogP contribution in [0.3, 0.4) is 0 Å². The second-order valence-electron chi connectivity index (χ2n) is 5.57. The molecule has 0 spiro atoms. The fourth-order valence-electron chi connectivity index (χ4n) is 2.74. The molecule has 0 bridgehead atoms. The molecule has 1 heterocycles. The number of benzene rings is 1. The highest BCUT2D eigenvalue weighted by atomic mass is 16.5. The van der Waals surface area contributed by atoms with E-state index < -0.39 is 5.97 Å². The first-order valence-electron chi connectivity index (χ1n) is 8.00. The van der Waals surface area contributed by atoms with Crippen LogP contribution in [0.15, 0.2) is 18.2 Å². The molecule has 1 N–H and O–H groups in total. The molecule has 134 valence electrons. The number of methoxy groups -OCH3 is 2. The molecule has 1 amide bonds. The van der Waals surface area contributed by atoms with Crippen LogP contribution in [0, 0.1) is 13.8 Å². The number of amides is 1. The Morgan fingerprint density at radius 3 is 2.52 bits per heavy atom. The summed E-state index contributed by atoms with van der Waals surface area (Å²) in [6, 6.07) is 5.13. The minimum absolute atomic E-state index is 0.190. The van der Waals surface area contributed by atoms with Crippen molar-refractivity contribution in [3.8, 4) is 5.75 Å². The maximum Gasteiger partial charge on any atom is 0.341 e. The van der Waals surface area contributed by atoms with E-state index in [9.17, 15) is 9.59 Å². The van der Waals surface area contributed by atoms with Gasteiger partial charge in [-0.2, -0.15) is 5.10 Å². The molecule has 7 heteroatoms. The third-order valence-electron chi connectivity index (χ3n) is 4.03. The monoisotopic (exact) mass is 345 g/mol. The summed E-state index contributed by atoms with van der Waals surface area (Å²) in [5.41, 5.74) is 3.21. The zero-order valence-electron chi connectivity index (χ0n) is 15.2. The molecule has 0 aliphatic rings. The number of esters is 1. The summed E-state index contributed by atoms with van der Waals surface area (Å²) in [5, 5.41) is 7.22. The van der Waals surface area contributed by atoms with Gasteiger partial charge in [-0.1, -0.05) is 6.07 Å². The summed E-state index contributed by atoms with van der Waals surface area (Å²) >= 11 is 0. The summed E-state index contributed by atoms with van der Waals surface area (Å²) in [5.74, 6) is -0.246. The van der Waals surface area contributed by atoms with Gasteiger partial charge < -0.3 is 14.8 Å². The molecule has 7 nitrogen and oxygen atoms in total. The normalized spacial score (nSPS) is 10.4. The summed E-state index contributed by atoms with van der Waals surface area (Å²) in [4.78, 5) is 24.3. The van der Waals surface area contributed by atoms with Crippen molar-refractivity contribution in [2.24, 2.45) is 0 Å². The van der Waals surface area contributed by atoms with Crippen LogP contribution >= 0.6 is 0 Å². The summed E-state index contributed by atoms with van der Waals surface area (Å²) in [7, 11) is 2.80. The molecule has 2 aromatic rings. The molecule has 1 aromatic heterocycles. The average molecular weight is 345 g/mol. The topological polar surface area (TPSA) is 82.5 Å². The number of carbonyl (C=O) groups excluding carboxylic acids is 2. The van der Waals surface area contributed by atoms with Crippen LogP contribution < -0.4 is 10.1 Å². The maximum atomic E-state index is 12.5. The van der Waals surface area contributed by atoms with Gasteiger partial charge in [0.15, 0.2) is 0 Å². The Hall–Kier alpha value is -2.83. The minimum Gasteiger partial charge on any atom is -0.496 e. The van der Waals surface area contributed by atoms with Crippen molar-refractivity contribution in [3.05, 3.63) is 46.3 Å². The SMILES string of the molecule is CCn1nc(C)c(C(=O)NCc2ccc(OC)c(C(=O)OC)c2)c1C. The Labute approximate surface area is 146 Å². The van der Waals surface area contributed by atoms with Crippen molar-refractivity contribution >= 4 is 11.9 Å². The van der Waals surface area contributed by atoms with E-state index in [4.69, 9.17) is 9.47 Å². The summed E-state index contributed by atoms with van der Waals surface area (Å²) in [6.07, 6.45) is 0. The molecular weight excluding hydrogens is 322 g/mol. The smallest absolute Gasteiger partial charge is 0.341 e. The largest absolute Gasteiger partial charge is 0.496 e. The molecule has 0 aliphatic carbocycles. The van der Waals surface area contributed by atoms with E-state index in [1.165, 1.54) is 14.2 Å². The molecule has 2 rings (SSSR count). The minimum atomic E-state index is -0.485. The maximum absolute atomic E-state index is 12.5. The second-order valence-corrected chi connectivity index (χ2v) is 5.57. The van der Waals surface area contributed by atoms with Gasteiger partial charge in [-0.05, 0) is 38.5 Å². The lowest BCUT2D eigenvalue weighted by Crippen LogP contribution is -2.24. The van der Waals surface area contributed by atoms with Crippen molar-refractivity contribution in [2.45, 2.75) is 33.9 Å². The van der Waals surface area contributed by atoms with E-state index in [0.29, 0.717) is 29.1 Å². The van der Waals surface area contributed by atoms with Crippen molar-refractivity contribution in [2.75, 3.05) is 14.2 Å². The van der Waals surface area contributed by atoms with Crippen LogP contribution in [0.5, 0.6) is 5.75 Å². The predicted molar refractivity (Wildman–Crippen MR) is 92.9 cm³/mol. The van der Waals surface area contributed by atoms with Gasteiger partial charge in [-0.3, -0.25) is 9.48 Å². The lowest BCUT2D eigenvalue weighted by Gasteiger charge is -2.10. The van der Waals surface area contributed by atoms with E-state index in [1.807, 2.05) is 20.8 Å². The Morgan fingerprint density at radius 2 is 1.96 bits per heavy atom. The van der Waals surface area contributed by atoms with Gasteiger partial charge >= 0.3 is 5.97 Å². The predicted octanol–water partition coefficient (Wildman–Crippen LogP) is 2.25. The van der Waals surface area contributed by atoms with Crippen LogP contribution in [0.4, 0.5) is 0 Å².